The molecule has 0 aliphatic carbocycles. The van der Waals surface area contributed by atoms with E-state index in [9.17, 15) is 13.2 Å². The van der Waals surface area contributed by atoms with E-state index in [-0.39, 0.29) is 21.5 Å². The Kier molecular flexibility index (Phi) is 7.97. The maximum Gasteiger partial charge on any atom is 0.253 e. The van der Waals surface area contributed by atoms with Crippen LogP contribution in [0.4, 0.5) is 0 Å². The van der Waals surface area contributed by atoms with Crippen molar-refractivity contribution in [1.29, 1.82) is 0 Å². The first kappa shape index (κ1) is 23.6. The van der Waals surface area contributed by atoms with E-state index in [2.05, 4.69) is 5.32 Å². The zero-order valence-corrected chi connectivity index (χ0v) is 19.5. The molecule has 31 heavy (non-hydrogen) atoms. The van der Waals surface area contributed by atoms with Gasteiger partial charge in [0.15, 0.2) is 0 Å². The van der Waals surface area contributed by atoms with Crippen LogP contribution in [0.2, 0.25) is 5.02 Å². The van der Waals surface area contributed by atoms with Gasteiger partial charge in [-0.3, -0.25) is 4.79 Å². The van der Waals surface area contributed by atoms with Gasteiger partial charge < -0.3 is 10.1 Å². The van der Waals surface area contributed by atoms with E-state index in [1.54, 1.807) is 7.11 Å². The Morgan fingerprint density at radius 2 is 1.74 bits per heavy atom. The van der Waals surface area contributed by atoms with Gasteiger partial charge in [-0.25, -0.2) is 8.42 Å². The largest absolute Gasteiger partial charge is 0.497 e. The van der Waals surface area contributed by atoms with Gasteiger partial charge in [-0.2, -0.15) is 4.31 Å². The van der Waals surface area contributed by atoms with Crippen LogP contribution in [-0.2, 0) is 10.0 Å². The van der Waals surface area contributed by atoms with E-state index in [0.717, 1.165) is 37.0 Å². The summed E-state index contributed by atoms with van der Waals surface area (Å²) in [4.78, 5) is 13.1. The summed E-state index contributed by atoms with van der Waals surface area (Å²) in [5.74, 6) is 0.333. The fraction of sp³-hybridized carbons (Fsp3) is 0.435. The number of benzene rings is 2. The van der Waals surface area contributed by atoms with Gasteiger partial charge in [0, 0.05) is 13.1 Å². The van der Waals surface area contributed by atoms with E-state index >= 15 is 0 Å². The number of carbonyl (C=O) groups is 1. The summed E-state index contributed by atoms with van der Waals surface area (Å²) in [6, 6.07) is 11.6. The molecular formula is C23H29ClN2O4S. The van der Waals surface area contributed by atoms with E-state index < -0.39 is 15.9 Å². The van der Waals surface area contributed by atoms with Crippen LogP contribution in [0.5, 0.6) is 5.75 Å². The number of amides is 1. The summed E-state index contributed by atoms with van der Waals surface area (Å²) in [7, 11) is -2.07. The van der Waals surface area contributed by atoms with Crippen molar-refractivity contribution in [2.45, 2.75) is 50.0 Å². The van der Waals surface area contributed by atoms with Crippen molar-refractivity contribution in [2.75, 3.05) is 20.2 Å². The Labute approximate surface area is 189 Å². The van der Waals surface area contributed by atoms with Crippen LogP contribution >= 0.6 is 11.6 Å². The highest BCUT2D eigenvalue weighted by Crippen LogP contribution is 2.26. The number of nitrogens with one attached hydrogen (secondary N) is 1. The second kappa shape index (κ2) is 10.5. The van der Waals surface area contributed by atoms with Crippen molar-refractivity contribution in [3.8, 4) is 5.75 Å². The van der Waals surface area contributed by atoms with E-state index in [0.29, 0.717) is 19.5 Å². The molecule has 168 valence electrons. The molecule has 1 atom stereocenters. The molecule has 1 N–H and O–H groups in total. The number of carbonyl (C=O) groups excluding carboxylic acids is 1. The minimum Gasteiger partial charge on any atom is -0.497 e. The van der Waals surface area contributed by atoms with Gasteiger partial charge in [-0.1, -0.05) is 43.5 Å². The van der Waals surface area contributed by atoms with Crippen molar-refractivity contribution in [2.24, 2.45) is 0 Å². The second-order valence-corrected chi connectivity index (χ2v) is 10.0. The molecule has 2 aromatic rings. The first-order chi connectivity index (χ1) is 14.9. The van der Waals surface area contributed by atoms with Crippen LogP contribution in [0.3, 0.4) is 0 Å². The SMILES string of the molecule is CC[C@@H](NC(=O)c1cc(S(=O)(=O)N2CCCCCC2)ccc1Cl)c1ccc(OC)cc1. The van der Waals surface area contributed by atoms with Gasteiger partial charge in [0.2, 0.25) is 10.0 Å². The minimum atomic E-state index is -3.67. The monoisotopic (exact) mass is 464 g/mol. The third-order valence-electron chi connectivity index (χ3n) is 5.62. The predicted molar refractivity (Wildman–Crippen MR) is 122 cm³/mol. The predicted octanol–water partition coefficient (Wildman–Crippen LogP) is 4.79. The topological polar surface area (TPSA) is 75.7 Å². The second-order valence-electron chi connectivity index (χ2n) is 7.67. The molecule has 8 heteroatoms. The highest BCUT2D eigenvalue weighted by molar-refractivity contribution is 7.89. The van der Waals surface area contributed by atoms with Crippen molar-refractivity contribution < 1.29 is 17.9 Å². The summed E-state index contributed by atoms with van der Waals surface area (Å²) in [6.45, 7) is 2.97. The Hall–Kier alpha value is -2.09. The fourth-order valence-corrected chi connectivity index (χ4v) is 5.51. The molecule has 1 aliphatic heterocycles. The lowest BCUT2D eigenvalue weighted by Crippen LogP contribution is -2.32. The summed E-state index contributed by atoms with van der Waals surface area (Å²) in [5.41, 5.74) is 1.09. The van der Waals surface area contributed by atoms with Gasteiger partial charge in [0.05, 0.1) is 28.6 Å². The number of nitrogens with zero attached hydrogens (tertiary/aromatic N) is 1. The van der Waals surface area contributed by atoms with Crippen molar-refractivity contribution in [3.63, 3.8) is 0 Å². The van der Waals surface area contributed by atoms with Gasteiger partial charge in [0.25, 0.3) is 5.91 Å². The normalized spacial score (nSPS) is 16.4. The number of rotatable bonds is 7. The number of hydrogen-bond donors (Lipinski definition) is 1. The molecule has 0 unspecified atom stereocenters. The average Bonchev–Trinajstić information content (AvgIpc) is 3.08. The lowest BCUT2D eigenvalue weighted by atomic mass is 10.0. The first-order valence-corrected chi connectivity index (χ1v) is 12.4. The minimum absolute atomic E-state index is 0.0986. The fourth-order valence-electron chi connectivity index (χ4n) is 3.76. The third-order valence-corrected chi connectivity index (χ3v) is 7.84. The first-order valence-electron chi connectivity index (χ1n) is 10.6. The lowest BCUT2D eigenvalue weighted by molar-refractivity contribution is 0.0935. The number of ether oxygens (including phenoxy) is 1. The molecule has 0 saturated carbocycles. The Balaban J connectivity index is 1.83. The number of methoxy groups -OCH3 is 1. The van der Waals surface area contributed by atoms with Crippen molar-refractivity contribution in [3.05, 3.63) is 58.6 Å². The van der Waals surface area contributed by atoms with E-state index in [4.69, 9.17) is 16.3 Å². The van der Waals surface area contributed by atoms with Crippen LogP contribution in [0.1, 0.15) is 61.0 Å². The molecule has 1 amide bonds. The maximum absolute atomic E-state index is 13.1. The van der Waals surface area contributed by atoms with Gasteiger partial charge in [0.1, 0.15) is 5.75 Å². The van der Waals surface area contributed by atoms with Crippen molar-refractivity contribution >= 4 is 27.5 Å². The molecule has 1 saturated heterocycles. The Morgan fingerprint density at radius 3 is 2.32 bits per heavy atom. The van der Waals surface area contributed by atoms with Crippen molar-refractivity contribution in [1.82, 2.24) is 9.62 Å². The lowest BCUT2D eigenvalue weighted by Gasteiger charge is -2.21. The maximum atomic E-state index is 13.1. The molecule has 2 aromatic carbocycles. The summed E-state index contributed by atoms with van der Waals surface area (Å²) in [6.07, 6.45) is 4.43. The molecular weight excluding hydrogens is 436 g/mol. The molecule has 0 spiro atoms. The average molecular weight is 465 g/mol. The molecule has 6 nitrogen and oxygen atoms in total. The smallest absolute Gasteiger partial charge is 0.253 e. The van der Waals surface area contributed by atoms with Crippen LogP contribution in [0, 0.1) is 0 Å². The summed E-state index contributed by atoms with van der Waals surface area (Å²) in [5, 5.41) is 3.19. The molecule has 0 bridgehead atoms. The third kappa shape index (κ3) is 5.59. The van der Waals surface area contributed by atoms with Crippen LogP contribution in [-0.4, -0.2) is 38.8 Å². The number of halogens is 1. The molecule has 1 aliphatic rings. The quantitative estimate of drug-likeness (QED) is 0.638. The van der Waals surface area contributed by atoms with Crippen LogP contribution < -0.4 is 10.1 Å². The Morgan fingerprint density at radius 1 is 1.10 bits per heavy atom. The highest BCUT2D eigenvalue weighted by atomic mass is 35.5. The zero-order chi connectivity index (χ0) is 22.4. The summed E-state index contributed by atoms with van der Waals surface area (Å²) < 4.78 is 32.9. The molecule has 0 aromatic heterocycles. The molecule has 0 radical (unpaired) electrons. The zero-order valence-electron chi connectivity index (χ0n) is 17.9. The standard InChI is InChI=1S/C23H29ClN2O4S/c1-3-22(17-8-10-18(30-2)11-9-17)25-23(27)20-16-19(12-13-21(20)24)31(28,29)26-14-6-4-5-7-15-26/h8-13,16,22H,3-7,14-15H2,1-2H3,(H,25,27)/t22-/m1/s1. The Bertz CT molecular complexity index is 1000. The number of hydrogen-bond acceptors (Lipinski definition) is 4. The van der Waals surface area contributed by atoms with Crippen LogP contribution in [0.25, 0.3) is 0 Å². The molecule has 1 fully saturated rings. The summed E-state index contributed by atoms with van der Waals surface area (Å²) >= 11 is 6.28. The molecule has 3 rings (SSSR count). The van der Waals surface area contributed by atoms with E-state index in [1.165, 1.54) is 22.5 Å². The molecule has 1 heterocycles. The van der Waals surface area contributed by atoms with Gasteiger partial charge in [-0.15, -0.1) is 0 Å². The van der Waals surface area contributed by atoms with Gasteiger partial charge >= 0.3 is 0 Å². The van der Waals surface area contributed by atoms with Crippen LogP contribution in [0.15, 0.2) is 47.4 Å². The highest BCUT2D eigenvalue weighted by Gasteiger charge is 2.27. The number of sulfonamides is 1. The van der Waals surface area contributed by atoms with E-state index in [1.807, 2.05) is 31.2 Å². The van der Waals surface area contributed by atoms with Gasteiger partial charge in [-0.05, 0) is 55.2 Å².